The molecule has 0 spiro atoms. The maximum atomic E-state index is 5.19. The molecule has 0 bridgehead atoms. The fraction of sp³-hybridized carbons (Fsp3) is 0. The Bertz CT molecular complexity index is 8320. The Morgan fingerprint density at radius 2 is 0.403 bits per heavy atom. The molecule has 19 aromatic carbocycles. The summed E-state index contributed by atoms with van der Waals surface area (Å²) in [7, 11) is 0. The van der Waals surface area contributed by atoms with Crippen LogP contribution in [0.15, 0.2) is 467 Å². The second kappa shape index (κ2) is 33.3. The van der Waals surface area contributed by atoms with Crippen LogP contribution in [0.25, 0.3) is 228 Å². The highest BCUT2D eigenvalue weighted by Crippen LogP contribution is 2.44. The zero-order chi connectivity index (χ0) is 85.5. The van der Waals surface area contributed by atoms with Crippen LogP contribution in [0.1, 0.15) is 0 Å². The molecule has 25 aromatic rings. The van der Waals surface area contributed by atoms with Crippen LogP contribution < -0.4 is 0 Å². The second-order valence-corrected chi connectivity index (χ2v) is 32.1. The summed E-state index contributed by atoms with van der Waals surface area (Å²) in [5.74, 6) is 5.34. The van der Waals surface area contributed by atoms with Crippen molar-refractivity contribution in [1.29, 1.82) is 0 Å². The van der Waals surface area contributed by atoms with Crippen molar-refractivity contribution in [2.24, 2.45) is 0 Å². The molecule has 0 aliphatic heterocycles. The van der Waals surface area contributed by atoms with Gasteiger partial charge in [-0.15, -0.1) is 0 Å². The minimum absolute atomic E-state index is 0.600. The lowest BCUT2D eigenvalue weighted by atomic mass is 9.97. The zero-order valence-corrected chi connectivity index (χ0v) is 69.9. The number of aromatic nitrogens is 11. The Balaban J connectivity index is 0.000000111. The highest BCUT2D eigenvalue weighted by Gasteiger charge is 2.25. The summed E-state index contributed by atoms with van der Waals surface area (Å²) in [4.78, 5) is 40.2. The lowest BCUT2D eigenvalue weighted by Gasteiger charge is -2.12. The third-order valence-electron chi connectivity index (χ3n) is 24.3. The molecule has 6 heterocycles. The van der Waals surface area contributed by atoms with Gasteiger partial charge in [0.25, 0.3) is 0 Å². The molecule has 0 radical (unpaired) electrons. The molecule has 0 atom stereocenters. The van der Waals surface area contributed by atoms with E-state index in [1.54, 1.807) is 0 Å². The van der Waals surface area contributed by atoms with Crippen molar-refractivity contribution >= 4 is 97.7 Å². The first-order chi connectivity index (χ1) is 64.0. The average Bonchev–Trinajstić information content (AvgIpc) is 1.59. The van der Waals surface area contributed by atoms with E-state index in [2.05, 4.69) is 335 Å². The first kappa shape index (κ1) is 76.4. The summed E-state index contributed by atoms with van der Waals surface area (Å²) in [6.45, 7) is 0. The maximum Gasteiger partial charge on any atom is 0.238 e. The number of hydrogen-bond acceptors (Lipinski definition) is 8. The van der Waals surface area contributed by atoms with Crippen molar-refractivity contribution in [1.82, 2.24) is 53.6 Å². The number of rotatable bonds is 13. The Labute approximate surface area is 743 Å². The van der Waals surface area contributed by atoms with E-state index < -0.39 is 0 Å². The SMILES string of the molecule is c1ccc(-c2ccc(-c3ccc4c(ccc5c4c4ccccc4n5-c4cc(-c5ccccc5)nc(-c5ccccc5)n4)c3)cc2)cc1.c1ccc(-c2ccc3c(ccc4c3c3ccccc3n4-c3nc(-c4ccccc4)nc(-c4ccccc4)n3)c2)cc1.c1ccc(-c2ccc3ccc4c(c3c2)c2ccccc2n4-c2nc(-c3ccccc3)nc(-c3ccccc3)n2)cc1. The van der Waals surface area contributed by atoms with Gasteiger partial charge in [-0.25, -0.2) is 19.9 Å². The molecule has 6 aromatic heterocycles. The normalized spacial score (nSPS) is 11.4. The number of nitrogens with zero attached hydrogens (tertiary/aromatic N) is 11. The van der Waals surface area contributed by atoms with Gasteiger partial charge in [-0.05, 0) is 131 Å². The van der Waals surface area contributed by atoms with Crippen LogP contribution in [0, 0.1) is 0 Å². The summed E-state index contributed by atoms with van der Waals surface area (Å²) < 4.78 is 6.65. The van der Waals surface area contributed by atoms with Crippen LogP contribution >= 0.6 is 0 Å². The van der Waals surface area contributed by atoms with Crippen LogP contribution in [0.3, 0.4) is 0 Å². The van der Waals surface area contributed by atoms with Crippen molar-refractivity contribution in [3.8, 4) is 130 Å². The molecule has 0 aliphatic carbocycles. The Kier molecular flexibility index (Phi) is 19.7. The molecule has 0 aliphatic rings. The van der Waals surface area contributed by atoms with Gasteiger partial charge in [0.15, 0.2) is 29.1 Å². The molecular formula is C118H77N11. The van der Waals surface area contributed by atoms with E-state index >= 15 is 0 Å². The number of benzene rings is 19. The van der Waals surface area contributed by atoms with Crippen molar-refractivity contribution in [2.75, 3.05) is 0 Å². The van der Waals surface area contributed by atoms with Gasteiger partial charge < -0.3 is 0 Å². The van der Waals surface area contributed by atoms with E-state index in [1.807, 2.05) is 146 Å². The lowest BCUT2D eigenvalue weighted by Crippen LogP contribution is -2.06. The highest BCUT2D eigenvalue weighted by molar-refractivity contribution is 6.24. The Hall–Kier alpha value is -17.5. The summed E-state index contributed by atoms with van der Waals surface area (Å²) in [6.07, 6.45) is 0. The van der Waals surface area contributed by atoms with Gasteiger partial charge in [-0.2, -0.15) is 19.9 Å². The molecule has 0 unspecified atom stereocenters. The van der Waals surface area contributed by atoms with E-state index in [-0.39, 0.29) is 0 Å². The predicted molar refractivity (Wildman–Crippen MR) is 532 cm³/mol. The van der Waals surface area contributed by atoms with E-state index in [0.29, 0.717) is 41.0 Å². The smallest absolute Gasteiger partial charge is 0.238 e. The first-order valence-electron chi connectivity index (χ1n) is 43.4. The fourth-order valence-electron chi connectivity index (χ4n) is 18.2. The Morgan fingerprint density at radius 3 is 0.791 bits per heavy atom. The molecule has 11 nitrogen and oxygen atoms in total. The zero-order valence-electron chi connectivity index (χ0n) is 69.9. The summed E-state index contributed by atoms with van der Waals surface area (Å²) in [6, 6.07) is 163. The first-order valence-corrected chi connectivity index (χ1v) is 43.4. The molecule has 0 amide bonds. The van der Waals surface area contributed by atoms with Gasteiger partial charge in [0.2, 0.25) is 11.9 Å². The van der Waals surface area contributed by atoms with E-state index in [9.17, 15) is 0 Å². The largest absolute Gasteiger partial charge is 0.294 e. The number of para-hydroxylation sites is 3. The molecule has 129 heavy (non-hydrogen) atoms. The minimum atomic E-state index is 0.600. The molecule has 0 saturated heterocycles. The maximum absolute atomic E-state index is 5.19. The Morgan fingerprint density at radius 1 is 0.140 bits per heavy atom. The topological polar surface area (TPSA) is 118 Å². The third kappa shape index (κ3) is 14.5. The number of fused-ring (bicyclic) bond motifs is 15. The molecule has 0 N–H and O–H groups in total. The summed E-state index contributed by atoms with van der Waals surface area (Å²) in [5.41, 5.74) is 22.9. The van der Waals surface area contributed by atoms with E-state index in [0.717, 1.165) is 78.0 Å². The number of hydrogen-bond donors (Lipinski definition) is 0. The second-order valence-electron chi connectivity index (χ2n) is 32.1. The molecule has 11 heteroatoms. The van der Waals surface area contributed by atoms with Crippen LogP contribution in [0.5, 0.6) is 0 Å². The monoisotopic (exact) mass is 1650 g/mol. The van der Waals surface area contributed by atoms with Crippen molar-refractivity contribution in [2.45, 2.75) is 0 Å². The quantitative estimate of drug-likeness (QED) is 0.112. The van der Waals surface area contributed by atoms with Crippen molar-refractivity contribution in [3.05, 3.63) is 467 Å². The van der Waals surface area contributed by atoms with Gasteiger partial charge >= 0.3 is 0 Å². The van der Waals surface area contributed by atoms with Crippen molar-refractivity contribution in [3.63, 3.8) is 0 Å². The lowest BCUT2D eigenvalue weighted by molar-refractivity contribution is 0.953. The standard InChI is InChI=1S/C44H29N3.2C37H24N4/c1-4-12-30(13-5-1)31-20-22-32(23-21-31)35-24-26-37-36(28-35)25-27-41-43(37)38-18-10-11-19-40(38)47(41)42-29-39(33-14-6-2-7-15-33)45-44(46-42)34-16-8-3-9-17-34;1-4-12-25(13-5-1)28-20-22-30-29(24-28)21-23-33-34(30)31-18-10-11-19-32(31)41(33)37-39-35(26-14-6-2-7-15-26)38-36(40-37)27-16-8-3-9-17-27;1-4-12-25(13-5-1)29-21-20-26-22-23-33-34(31(26)24-29)30-18-10-11-19-32(30)41(33)37-39-35(27-14-6-2-7-15-27)38-36(40-37)28-16-8-3-9-17-28/h1-29H;2*1-24H. The van der Waals surface area contributed by atoms with Crippen LogP contribution in [-0.2, 0) is 0 Å². The molecular weight excluding hydrogens is 1570 g/mol. The summed E-state index contributed by atoms with van der Waals surface area (Å²) >= 11 is 0. The third-order valence-corrected chi connectivity index (χ3v) is 24.3. The highest BCUT2D eigenvalue weighted by atomic mass is 15.2. The van der Waals surface area contributed by atoms with Gasteiger partial charge in [0.1, 0.15) is 5.82 Å². The summed E-state index contributed by atoms with van der Waals surface area (Å²) in [5, 5.41) is 14.4. The van der Waals surface area contributed by atoms with Gasteiger partial charge in [0, 0.05) is 71.8 Å². The fourth-order valence-corrected chi connectivity index (χ4v) is 18.2. The average molecular weight is 1650 g/mol. The van der Waals surface area contributed by atoms with Crippen molar-refractivity contribution < 1.29 is 0 Å². The van der Waals surface area contributed by atoms with Crippen LogP contribution in [0.2, 0.25) is 0 Å². The molecule has 604 valence electrons. The molecule has 0 fully saturated rings. The van der Waals surface area contributed by atoms with Gasteiger partial charge in [-0.3, -0.25) is 13.7 Å². The van der Waals surface area contributed by atoms with Crippen LogP contribution in [0.4, 0.5) is 0 Å². The molecule has 0 saturated carbocycles. The van der Waals surface area contributed by atoms with E-state index in [1.165, 1.54) is 109 Å². The van der Waals surface area contributed by atoms with E-state index in [4.69, 9.17) is 39.9 Å². The minimum Gasteiger partial charge on any atom is -0.294 e. The predicted octanol–water partition coefficient (Wildman–Crippen LogP) is 29.6. The van der Waals surface area contributed by atoms with Gasteiger partial charge in [-0.1, -0.05) is 406 Å². The van der Waals surface area contributed by atoms with Gasteiger partial charge in [0.05, 0.1) is 38.8 Å². The van der Waals surface area contributed by atoms with Crippen LogP contribution in [-0.4, -0.2) is 53.6 Å². The molecule has 25 rings (SSSR count).